The predicted octanol–water partition coefficient (Wildman–Crippen LogP) is 6.76. The van der Waals surface area contributed by atoms with Crippen molar-refractivity contribution in [2.75, 3.05) is 0 Å². The van der Waals surface area contributed by atoms with Crippen LogP contribution in [0.1, 0.15) is 61.4 Å². The third-order valence-corrected chi connectivity index (χ3v) is 6.11. The van der Waals surface area contributed by atoms with Crippen LogP contribution in [-0.4, -0.2) is 11.1 Å². The molecule has 2 nitrogen and oxygen atoms in total. The summed E-state index contributed by atoms with van der Waals surface area (Å²) in [6.45, 7) is 2.17. The number of carboxylic acid groups (broad SMARTS) is 1. The van der Waals surface area contributed by atoms with Gasteiger partial charge in [0.2, 0.25) is 0 Å². The van der Waals surface area contributed by atoms with Crippen molar-refractivity contribution in [2.45, 2.75) is 51.9 Å². The molecule has 1 fully saturated rings. The lowest BCUT2D eigenvalue weighted by Gasteiger charge is -2.28. The molecule has 0 bridgehead atoms. The number of hydrogen-bond acceptors (Lipinski definition) is 1. The third-order valence-electron chi connectivity index (χ3n) is 6.11. The van der Waals surface area contributed by atoms with Crippen LogP contribution in [0, 0.1) is 35.1 Å². The van der Waals surface area contributed by atoms with Gasteiger partial charge in [0.05, 0.1) is 5.56 Å². The van der Waals surface area contributed by atoms with E-state index in [1.807, 2.05) is 0 Å². The van der Waals surface area contributed by atoms with Crippen molar-refractivity contribution in [3.8, 4) is 11.1 Å². The predicted molar refractivity (Wildman–Crippen MR) is 103 cm³/mol. The molecule has 0 unspecified atom stereocenters. The minimum atomic E-state index is -1.59. The molecule has 2 aromatic rings. The van der Waals surface area contributed by atoms with Gasteiger partial charge in [-0.1, -0.05) is 45.1 Å². The van der Waals surface area contributed by atoms with Crippen LogP contribution in [0.5, 0.6) is 0 Å². The van der Waals surface area contributed by atoms with E-state index in [0.29, 0.717) is 12.3 Å². The molecule has 0 aliphatic heterocycles. The summed E-state index contributed by atoms with van der Waals surface area (Å²) >= 11 is 0. The Kier molecular flexibility index (Phi) is 6.60. The van der Waals surface area contributed by atoms with Crippen LogP contribution in [0.25, 0.3) is 11.1 Å². The molecule has 3 rings (SSSR count). The average Bonchev–Trinajstić information content (AvgIpc) is 2.70. The van der Waals surface area contributed by atoms with Crippen LogP contribution in [0.15, 0.2) is 24.3 Å². The van der Waals surface area contributed by atoms with Crippen molar-refractivity contribution in [3.63, 3.8) is 0 Å². The highest BCUT2D eigenvalue weighted by atomic mass is 19.2. The van der Waals surface area contributed by atoms with Crippen LogP contribution in [0.3, 0.4) is 0 Å². The molecule has 0 atom stereocenters. The molecule has 0 saturated heterocycles. The highest BCUT2D eigenvalue weighted by Crippen LogP contribution is 2.36. The van der Waals surface area contributed by atoms with Gasteiger partial charge in [0.15, 0.2) is 17.5 Å². The van der Waals surface area contributed by atoms with Crippen LogP contribution >= 0.6 is 0 Å². The van der Waals surface area contributed by atoms with Crippen LogP contribution in [0.4, 0.5) is 17.6 Å². The summed E-state index contributed by atoms with van der Waals surface area (Å²) in [5.74, 6) is -5.51. The normalized spacial score (nSPS) is 19.3. The summed E-state index contributed by atoms with van der Waals surface area (Å²) in [4.78, 5) is 11.3. The van der Waals surface area contributed by atoms with E-state index in [1.165, 1.54) is 6.07 Å². The van der Waals surface area contributed by atoms with E-state index in [0.717, 1.165) is 56.2 Å². The average molecular weight is 408 g/mol. The molecule has 1 aliphatic rings. The number of halogens is 4. The Balaban J connectivity index is 1.93. The van der Waals surface area contributed by atoms with Crippen molar-refractivity contribution in [2.24, 2.45) is 11.8 Å². The van der Waals surface area contributed by atoms with Crippen molar-refractivity contribution >= 4 is 5.97 Å². The van der Waals surface area contributed by atoms with Gasteiger partial charge in [0.25, 0.3) is 0 Å². The zero-order valence-electron chi connectivity index (χ0n) is 16.3. The topological polar surface area (TPSA) is 37.3 Å². The Hall–Kier alpha value is -2.37. The maximum Gasteiger partial charge on any atom is 0.338 e. The van der Waals surface area contributed by atoms with Gasteiger partial charge in [0.1, 0.15) is 5.82 Å². The van der Waals surface area contributed by atoms with Crippen molar-refractivity contribution in [1.82, 2.24) is 0 Å². The van der Waals surface area contributed by atoms with Crippen molar-refractivity contribution in [3.05, 3.63) is 58.7 Å². The molecule has 0 aromatic heterocycles. The lowest BCUT2D eigenvalue weighted by Crippen LogP contribution is -2.15. The molecule has 0 radical (unpaired) electrons. The standard InChI is InChI=1S/C23H24F4O2/c1-2-13-3-5-14(6-4-13)7-8-17-16(9-10-18(21(17)26)23(28)29)15-11-19(24)22(27)20(25)12-15/h9-14H,2-8H2,1H3,(H,28,29). The maximum absolute atomic E-state index is 15.0. The molecule has 0 heterocycles. The molecule has 1 N–H and O–H groups in total. The Labute approximate surface area is 167 Å². The molecule has 0 spiro atoms. The summed E-state index contributed by atoms with van der Waals surface area (Å²) in [6, 6.07) is 4.03. The quantitative estimate of drug-likeness (QED) is 0.424. The van der Waals surface area contributed by atoms with Gasteiger partial charge in [-0.05, 0) is 59.6 Å². The van der Waals surface area contributed by atoms with E-state index in [2.05, 4.69) is 6.92 Å². The summed E-state index contributed by atoms with van der Waals surface area (Å²) in [7, 11) is 0. The Morgan fingerprint density at radius 1 is 0.966 bits per heavy atom. The minimum absolute atomic E-state index is 0.0121. The van der Waals surface area contributed by atoms with Crippen LogP contribution < -0.4 is 0 Å². The van der Waals surface area contributed by atoms with E-state index < -0.39 is 34.8 Å². The fraction of sp³-hybridized carbons (Fsp3) is 0.435. The molecule has 1 aliphatic carbocycles. The van der Waals surface area contributed by atoms with Gasteiger partial charge in [-0.2, -0.15) is 0 Å². The first-order valence-electron chi connectivity index (χ1n) is 10.0. The number of hydrogen-bond donors (Lipinski definition) is 1. The van der Waals surface area contributed by atoms with Gasteiger partial charge in [-0.3, -0.25) is 0 Å². The third kappa shape index (κ3) is 4.62. The van der Waals surface area contributed by atoms with Gasteiger partial charge >= 0.3 is 5.97 Å². The number of carboxylic acids is 1. The molecule has 156 valence electrons. The summed E-state index contributed by atoms with van der Waals surface area (Å²) < 4.78 is 55.7. The van der Waals surface area contributed by atoms with E-state index in [1.54, 1.807) is 0 Å². The van der Waals surface area contributed by atoms with Crippen LogP contribution in [-0.2, 0) is 6.42 Å². The molecule has 2 aromatic carbocycles. The SMILES string of the molecule is CCC1CCC(CCc2c(-c3cc(F)c(F)c(F)c3)ccc(C(=O)O)c2F)CC1. The second kappa shape index (κ2) is 8.97. The number of benzene rings is 2. The number of aromatic carboxylic acids is 1. The van der Waals surface area contributed by atoms with Crippen molar-refractivity contribution < 1.29 is 27.5 Å². The second-order valence-corrected chi connectivity index (χ2v) is 7.85. The van der Waals surface area contributed by atoms with E-state index in [-0.39, 0.29) is 23.1 Å². The minimum Gasteiger partial charge on any atom is -0.478 e. The number of rotatable bonds is 6. The van der Waals surface area contributed by atoms with E-state index in [4.69, 9.17) is 0 Å². The van der Waals surface area contributed by atoms with Gasteiger partial charge < -0.3 is 5.11 Å². The highest BCUT2D eigenvalue weighted by molar-refractivity contribution is 5.89. The summed E-state index contributed by atoms with van der Waals surface area (Å²) in [5.41, 5.74) is -0.205. The maximum atomic E-state index is 15.0. The highest BCUT2D eigenvalue weighted by Gasteiger charge is 2.24. The summed E-state index contributed by atoms with van der Waals surface area (Å²) in [5, 5.41) is 9.24. The molecular formula is C23H24F4O2. The van der Waals surface area contributed by atoms with Gasteiger partial charge in [0, 0.05) is 0 Å². The monoisotopic (exact) mass is 408 g/mol. The van der Waals surface area contributed by atoms with Crippen LogP contribution in [0.2, 0.25) is 0 Å². The zero-order chi connectivity index (χ0) is 21.1. The van der Waals surface area contributed by atoms with Crippen molar-refractivity contribution in [1.29, 1.82) is 0 Å². The van der Waals surface area contributed by atoms with Gasteiger partial charge in [-0.15, -0.1) is 0 Å². The molecule has 29 heavy (non-hydrogen) atoms. The largest absolute Gasteiger partial charge is 0.478 e. The fourth-order valence-corrected chi connectivity index (χ4v) is 4.29. The number of carbonyl (C=O) groups is 1. The smallest absolute Gasteiger partial charge is 0.338 e. The second-order valence-electron chi connectivity index (χ2n) is 7.85. The fourth-order valence-electron chi connectivity index (χ4n) is 4.29. The first-order chi connectivity index (χ1) is 13.8. The summed E-state index contributed by atoms with van der Waals surface area (Å²) in [6.07, 6.45) is 6.38. The van der Waals surface area contributed by atoms with E-state index >= 15 is 0 Å². The zero-order valence-corrected chi connectivity index (χ0v) is 16.3. The Morgan fingerprint density at radius 2 is 1.55 bits per heavy atom. The lowest BCUT2D eigenvalue weighted by molar-refractivity contribution is 0.0691. The van der Waals surface area contributed by atoms with E-state index in [9.17, 15) is 27.5 Å². The van der Waals surface area contributed by atoms with Gasteiger partial charge in [-0.25, -0.2) is 22.4 Å². The molecular weight excluding hydrogens is 384 g/mol. The Bertz CT molecular complexity index is 879. The molecule has 6 heteroatoms. The first-order valence-corrected chi connectivity index (χ1v) is 10.0. The Morgan fingerprint density at radius 3 is 2.10 bits per heavy atom. The lowest BCUT2D eigenvalue weighted by atomic mass is 9.78. The molecule has 0 amide bonds. The molecule has 1 saturated carbocycles. The first kappa shape index (κ1) is 21.3.